The molecule has 1 aliphatic rings. The van der Waals surface area contributed by atoms with Gasteiger partial charge in [0.25, 0.3) is 0 Å². The zero-order valence-electron chi connectivity index (χ0n) is 10.8. The Kier molecular flexibility index (Phi) is 4.37. The van der Waals surface area contributed by atoms with Crippen molar-refractivity contribution in [3.8, 4) is 5.75 Å². The van der Waals surface area contributed by atoms with Crippen LogP contribution < -0.4 is 10.1 Å². The van der Waals surface area contributed by atoms with Crippen LogP contribution >= 0.6 is 0 Å². The van der Waals surface area contributed by atoms with Gasteiger partial charge in [-0.05, 0) is 43.9 Å². The van der Waals surface area contributed by atoms with E-state index in [9.17, 15) is 0 Å². The molecule has 2 heterocycles. The predicted molar refractivity (Wildman–Crippen MR) is 69.2 cm³/mol. The van der Waals surface area contributed by atoms with Crippen molar-refractivity contribution in [2.24, 2.45) is 5.92 Å². The molecule has 0 aromatic carbocycles. The zero-order chi connectivity index (χ0) is 12.1. The summed E-state index contributed by atoms with van der Waals surface area (Å²) in [7, 11) is 0. The third-order valence-electron chi connectivity index (χ3n) is 3.54. The number of hydrogen-bond donors (Lipinski definition) is 1. The largest absolute Gasteiger partial charge is 0.492 e. The summed E-state index contributed by atoms with van der Waals surface area (Å²) in [6.07, 6.45) is 7.53. The lowest BCUT2D eigenvalue weighted by molar-refractivity contribution is 0.296. The summed E-state index contributed by atoms with van der Waals surface area (Å²) < 4.78 is 5.50. The summed E-state index contributed by atoms with van der Waals surface area (Å²) in [6, 6.07) is 2.56. The molecule has 1 N–H and O–H groups in total. The minimum absolute atomic E-state index is 0.446. The number of hydrogen-bond acceptors (Lipinski definition) is 3. The second kappa shape index (κ2) is 6.01. The first kappa shape index (κ1) is 12.4. The lowest BCUT2D eigenvalue weighted by atomic mass is 9.88. The molecule has 0 radical (unpaired) electrons. The Hall–Kier alpha value is -1.09. The molecule has 0 spiro atoms. The highest BCUT2D eigenvalue weighted by Crippen LogP contribution is 2.29. The minimum atomic E-state index is 0.446. The van der Waals surface area contributed by atoms with E-state index in [1.807, 2.05) is 13.1 Å². The molecule has 2 atom stereocenters. The van der Waals surface area contributed by atoms with Crippen molar-refractivity contribution in [1.82, 2.24) is 10.3 Å². The first-order chi connectivity index (χ1) is 8.33. The van der Waals surface area contributed by atoms with E-state index >= 15 is 0 Å². The van der Waals surface area contributed by atoms with Crippen molar-refractivity contribution in [1.29, 1.82) is 0 Å². The summed E-state index contributed by atoms with van der Waals surface area (Å²) in [5, 5.41) is 3.57. The van der Waals surface area contributed by atoms with Crippen LogP contribution in [0.15, 0.2) is 18.5 Å². The average Bonchev–Trinajstić information content (AvgIpc) is 2.40. The van der Waals surface area contributed by atoms with Crippen LogP contribution in [-0.2, 0) is 0 Å². The van der Waals surface area contributed by atoms with Gasteiger partial charge < -0.3 is 10.1 Å². The Morgan fingerprint density at radius 3 is 3.06 bits per heavy atom. The van der Waals surface area contributed by atoms with Crippen LogP contribution in [0.4, 0.5) is 0 Å². The summed E-state index contributed by atoms with van der Waals surface area (Å²) >= 11 is 0. The monoisotopic (exact) mass is 234 g/mol. The van der Waals surface area contributed by atoms with Gasteiger partial charge in [-0.25, -0.2) is 0 Å². The van der Waals surface area contributed by atoms with E-state index in [-0.39, 0.29) is 0 Å². The molecule has 1 saturated heterocycles. The number of ether oxygens (including phenoxy) is 1. The Labute approximate surface area is 104 Å². The van der Waals surface area contributed by atoms with Gasteiger partial charge in [0, 0.05) is 12.2 Å². The van der Waals surface area contributed by atoms with Crippen molar-refractivity contribution < 1.29 is 4.74 Å². The molecule has 0 amide bonds. The fourth-order valence-electron chi connectivity index (χ4n) is 2.49. The van der Waals surface area contributed by atoms with Crippen LogP contribution in [0.1, 0.15) is 44.7 Å². The molecule has 1 aromatic rings. The van der Waals surface area contributed by atoms with E-state index in [4.69, 9.17) is 4.74 Å². The maximum atomic E-state index is 5.50. The van der Waals surface area contributed by atoms with E-state index in [2.05, 4.69) is 23.3 Å². The smallest absolute Gasteiger partial charge is 0.137 e. The second-order valence-corrected chi connectivity index (χ2v) is 4.69. The molecule has 2 rings (SSSR count). The van der Waals surface area contributed by atoms with Crippen molar-refractivity contribution in [3.63, 3.8) is 0 Å². The van der Waals surface area contributed by atoms with Crippen molar-refractivity contribution in [2.45, 2.75) is 39.2 Å². The molecule has 0 bridgehead atoms. The lowest BCUT2D eigenvalue weighted by Gasteiger charge is -2.30. The van der Waals surface area contributed by atoms with Gasteiger partial charge in [-0.2, -0.15) is 0 Å². The van der Waals surface area contributed by atoms with E-state index in [0.29, 0.717) is 12.6 Å². The van der Waals surface area contributed by atoms with E-state index in [0.717, 1.165) is 18.2 Å². The van der Waals surface area contributed by atoms with Crippen LogP contribution in [0.2, 0.25) is 0 Å². The fraction of sp³-hybridized carbons (Fsp3) is 0.643. The number of rotatable bonds is 4. The highest BCUT2D eigenvalue weighted by Gasteiger charge is 2.21. The SMILES string of the molecule is CCOc1cncc(C2CC(CC)CCN2)c1. The molecule has 3 heteroatoms. The maximum absolute atomic E-state index is 5.50. The van der Waals surface area contributed by atoms with E-state index in [1.54, 1.807) is 6.20 Å². The highest BCUT2D eigenvalue weighted by atomic mass is 16.5. The van der Waals surface area contributed by atoms with Crippen molar-refractivity contribution in [3.05, 3.63) is 24.0 Å². The first-order valence-electron chi connectivity index (χ1n) is 6.64. The van der Waals surface area contributed by atoms with Crippen LogP contribution in [0.5, 0.6) is 5.75 Å². The van der Waals surface area contributed by atoms with E-state index < -0.39 is 0 Å². The standard InChI is InChI=1S/C14H22N2O/c1-3-11-5-6-16-14(7-11)12-8-13(17-4-2)10-15-9-12/h8-11,14,16H,3-7H2,1-2H3. The minimum Gasteiger partial charge on any atom is -0.492 e. The number of pyridine rings is 1. The molecular weight excluding hydrogens is 212 g/mol. The number of nitrogens with zero attached hydrogens (tertiary/aromatic N) is 1. The Bertz CT molecular complexity index is 354. The predicted octanol–water partition coefficient (Wildman–Crippen LogP) is 2.93. The number of aromatic nitrogens is 1. The quantitative estimate of drug-likeness (QED) is 0.869. The molecule has 0 saturated carbocycles. The van der Waals surface area contributed by atoms with Crippen LogP contribution in [-0.4, -0.2) is 18.1 Å². The first-order valence-corrected chi connectivity index (χ1v) is 6.64. The molecule has 2 unspecified atom stereocenters. The molecule has 0 aliphatic carbocycles. The van der Waals surface area contributed by atoms with Gasteiger partial charge in [0.2, 0.25) is 0 Å². The van der Waals surface area contributed by atoms with Gasteiger partial charge in [-0.15, -0.1) is 0 Å². The molecule has 17 heavy (non-hydrogen) atoms. The van der Waals surface area contributed by atoms with Gasteiger partial charge in [0.15, 0.2) is 0 Å². The molecule has 1 aromatic heterocycles. The van der Waals surface area contributed by atoms with Gasteiger partial charge >= 0.3 is 0 Å². The summed E-state index contributed by atoms with van der Waals surface area (Å²) in [5.41, 5.74) is 1.26. The van der Waals surface area contributed by atoms with Crippen LogP contribution in [0.25, 0.3) is 0 Å². The van der Waals surface area contributed by atoms with Crippen molar-refractivity contribution in [2.75, 3.05) is 13.2 Å². The normalized spacial score (nSPS) is 24.6. The van der Waals surface area contributed by atoms with E-state index in [1.165, 1.54) is 24.8 Å². The molecule has 94 valence electrons. The second-order valence-electron chi connectivity index (χ2n) is 4.69. The average molecular weight is 234 g/mol. The zero-order valence-corrected chi connectivity index (χ0v) is 10.8. The molecule has 1 aliphatic heterocycles. The Balaban J connectivity index is 2.07. The van der Waals surface area contributed by atoms with Gasteiger partial charge in [0.1, 0.15) is 5.75 Å². The Morgan fingerprint density at radius 2 is 2.29 bits per heavy atom. The molecule has 1 fully saturated rings. The van der Waals surface area contributed by atoms with Crippen LogP contribution in [0.3, 0.4) is 0 Å². The lowest BCUT2D eigenvalue weighted by Crippen LogP contribution is -2.31. The van der Waals surface area contributed by atoms with Gasteiger partial charge in [-0.1, -0.05) is 13.3 Å². The third kappa shape index (κ3) is 3.19. The number of nitrogens with one attached hydrogen (secondary N) is 1. The highest BCUT2D eigenvalue weighted by molar-refractivity contribution is 5.26. The van der Waals surface area contributed by atoms with Crippen LogP contribution in [0, 0.1) is 5.92 Å². The summed E-state index contributed by atoms with van der Waals surface area (Å²) in [4.78, 5) is 4.26. The topological polar surface area (TPSA) is 34.1 Å². The van der Waals surface area contributed by atoms with Gasteiger partial charge in [0.05, 0.1) is 12.8 Å². The third-order valence-corrected chi connectivity index (χ3v) is 3.54. The summed E-state index contributed by atoms with van der Waals surface area (Å²) in [6.45, 7) is 6.09. The fourth-order valence-corrected chi connectivity index (χ4v) is 2.49. The molecule has 3 nitrogen and oxygen atoms in total. The van der Waals surface area contributed by atoms with Gasteiger partial charge in [-0.3, -0.25) is 4.98 Å². The maximum Gasteiger partial charge on any atom is 0.137 e. The Morgan fingerprint density at radius 1 is 1.41 bits per heavy atom. The van der Waals surface area contributed by atoms with Crippen molar-refractivity contribution >= 4 is 0 Å². The summed E-state index contributed by atoms with van der Waals surface area (Å²) in [5.74, 6) is 1.72. The molecular formula is C14H22N2O. The number of piperidine rings is 1.